The van der Waals surface area contributed by atoms with Gasteiger partial charge in [-0.05, 0) is 44.0 Å². The lowest BCUT2D eigenvalue weighted by molar-refractivity contribution is 0.164. The van der Waals surface area contributed by atoms with Crippen LogP contribution in [0.1, 0.15) is 31.9 Å². The summed E-state index contributed by atoms with van der Waals surface area (Å²) in [6.07, 6.45) is 5.82. The fourth-order valence-electron chi connectivity index (χ4n) is 2.18. The van der Waals surface area contributed by atoms with Crippen molar-refractivity contribution in [3.05, 3.63) is 24.2 Å². The van der Waals surface area contributed by atoms with Gasteiger partial charge in [-0.25, -0.2) is 0 Å². The molecule has 2 nitrogen and oxygen atoms in total. The van der Waals surface area contributed by atoms with Crippen LogP contribution in [0.4, 0.5) is 0 Å². The minimum atomic E-state index is 0.961. The number of rotatable bonds is 3. The Morgan fingerprint density at radius 3 is 2.79 bits per heavy atom. The van der Waals surface area contributed by atoms with Crippen LogP contribution in [0.2, 0.25) is 0 Å². The van der Waals surface area contributed by atoms with Gasteiger partial charge in [0.25, 0.3) is 0 Å². The smallest absolute Gasteiger partial charge is 0.117 e. The molecule has 0 unspecified atom stereocenters. The molecule has 0 bridgehead atoms. The fourth-order valence-corrected chi connectivity index (χ4v) is 2.18. The van der Waals surface area contributed by atoms with Crippen molar-refractivity contribution in [3.8, 4) is 0 Å². The maximum Gasteiger partial charge on any atom is 0.117 e. The molecule has 1 aliphatic heterocycles. The molecular formula is C12H19NO. The molecule has 78 valence electrons. The zero-order valence-corrected chi connectivity index (χ0v) is 8.91. The first-order chi connectivity index (χ1) is 6.88. The molecule has 0 amide bonds. The molecule has 0 aliphatic carbocycles. The third-order valence-electron chi connectivity index (χ3n) is 3.24. The highest BCUT2D eigenvalue weighted by atomic mass is 16.3. The van der Waals surface area contributed by atoms with Crippen LogP contribution in [0.3, 0.4) is 0 Å². The van der Waals surface area contributed by atoms with Gasteiger partial charge in [0.15, 0.2) is 0 Å². The van der Waals surface area contributed by atoms with Gasteiger partial charge in [-0.1, -0.05) is 13.3 Å². The summed E-state index contributed by atoms with van der Waals surface area (Å²) < 4.78 is 5.35. The van der Waals surface area contributed by atoms with E-state index in [0.29, 0.717) is 0 Å². The van der Waals surface area contributed by atoms with E-state index in [1.165, 1.54) is 32.4 Å². The normalized spacial score (nSPS) is 20.1. The quantitative estimate of drug-likeness (QED) is 0.734. The average molecular weight is 193 g/mol. The molecule has 0 aromatic carbocycles. The predicted octanol–water partition coefficient (Wildman–Crippen LogP) is 2.90. The zero-order valence-electron chi connectivity index (χ0n) is 8.91. The molecule has 2 heteroatoms. The molecular weight excluding hydrogens is 174 g/mol. The van der Waals surface area contributed by atoms with E-state index in [4.69, 9.17) is 4.42 Å². The van der Waals surface area contributed by atoms with Crippen LogP contribution in [0.25, 0.3) is 0 Å². The standard InChI is InChI=1S/C12H19NO/c1-2-11-5-7-13(8-6-11)10-12-4-3-9-14-12/h3-4,9,11H,2,5-8,10H2,1H3. The molecule has 2 heterocycles. The van der Waals surface area contributed by atoms with E-state index in [0.717, 1.165) is 18.2 Å². The molecule has 0 N–H and O–H groups in total. The lowest BCUT2D eigenvalue weighted by Crippen LogP contribution is -2.32. The Bertz CT molecular complexity index is 247. The van der Waals surface area contributed by atoms with Crippen molar-refractivity contribution in [1.29, 1.82) is 0 Å². The maximum atomic E-state index is 5.35. The first-order valence-electron chi connectivity index (χ1n) is 5.63. The number of hydrogen-bond donors (Lipinski definition) is 0. The summed E-state index contributed by atoms with van der Waals surface area (Å²) in [6, 6.07) is 4.03. The molecule has 1 aliphatic rings. The predicted molar refractivity (Wildman–Crippen MR) is 57.0 cm³/mol. The van der Waals surface area contributed by atoms with Gasteiger partial charge in [0.1, 0.15) is 5.76 Å². The summed E-state index contributed by atoms with van der Waals surface area (Å²) in [6.45, 7) is 5.76. The first kappa shape index (κ1) is 9.78. The van der Waals surface area contributed by atoms with Crippen molar-refractivity contribution in [1.82, 2.24) is 4.90 Å². The minimum absolute atomic E-state index is 0.961. The van der Waals surface area contributed by atoms with Crippen molar-refractivity contribution in [3.63, 3.8) is 0 Å². The number of hydrogen-bond acceptors (Lipinski definition) is 2. The van der Waals surface area contributed by atoms with Crippen LogP contribution in [0.15, 0.2) is 22.8 Å². The molecule has 2 rings (SSSR count). The van der Waals surface area contributed by atoms with Gasteiger partial charge in [-0.15, -0.1) is 0 Å². The Morgan fingerprint density at radius 1 is 1.43 bits per heavy atom. The largest absolute Gasteiger partial charge is 0.468 e. The molecule has 0 atom stereocenters. The van der Waals surface area contributed by atoms with Crippen molar-refractivity contribution >= 4 is 0 Å². The number of furan rings is 1. The van der Waals surface area contributed by atoms with Crippen molar-refractivity contribution < 1.29 is 4.42 Å². The SMILES string of the molecule is CCC1CCN(Cc2ccco2)CC1. The molecule has 1 aromatic rings. The summed E-state index contributed by atoms with van der Waals surface area (Å²) in [5, 5.41) is 0. The van der Waals surface area contributed by atoms with Crippen molar-refractivity contribution in [2.24, 2.45) is 5.92 Å². The third-order valence-corrected chi connectivity index (χ3v) is 3.24. The highest BCUT2D eigenvalue weighted by molar-refractivity contribution is 4.98. The third kappa shape index (κ3) is 2.38. The second-order valence-electron chi connectivity index (χ2n) is 4.21. The fraction of sp³-hybridized carbons (Fsp3) is 0.667. The van der Waals surface area contributed by atoms with E-state index in [-0.39, 0.29) is 0 Å². The van der Waals surface area contributed by atoms with E-state index >= 15 is 0 Å². The summed E-state index contributed by atoms with van der Waals surface area (Å²) in [4.78, 5) is 2.49. The van der Waals surface area contributed by atoms with Crippen molar-refractivity contribution in [2.75, 3.05) is 13.1 Å². The van der Waals surface area contributed by atoms with E-state index in [2.05, 4.69) is 17.9 Å². The number of nitrogens with zero attached hydrogens (tertiary/aromatic N) is 1. The van der Waals surface area contributed by atoms with E-state index in [9.17, 15) is 0 Å². The zero-order chi connectivity index (χ0) is 9.80. The minimum Gasteiger partial charge on any atom is -0.468 e. The van der Waals surface area contributed by atoms with E-state index < -0.39 is 0 Å². The maximum absolute atomic E-state index is 5.35. The number of likely N-dealkylation sites (tertiary alicyclic amines) is 1. The highest BCUT2D eigenvalue weighted by Crippen LogP contribution is 2.21. The van der Waals surface area contributed by atoms with Crippen LogP contribution in [0, 0.1) is 5.92 Å². The number of piperidine rings is 1. The first-order valence-corrected chi connectivity index (χ1v) is 5.63. The van der Waals surface area contributed by atoms with Crippen LogP contribution < -0.4 is 0 Å². The molecule has 0 radical (unpaired) electrons. The molecule has 0 saturated carbocycles. The second kappa shape index (κ2) is 4.65. The van der Waals surface area contributed by atoms with E-state index in [1.54, 1.807) is 6.26 Å². The summed E-state index contributed by atoms with van der Waals surface area (Å²) >= 11 is 0. The summed E-state index contributed by atoms with van der Waals surface area (Å²) in [7, 11) is 0. The summed E-state index contributed by atoms with van der Waals surface area (Å²) in [5.41, 5.74) is 0. The monoisotopic (exact) mass is 193 g/mol. The van der Waals surface area contributed by atoms with Gasteiger partial charge >= 0.3 is 0 Å². The van der Waals surface area contributed by atoms with Gasteiger partial charge < -0.3 is 4.42 Å². The molecule has 0 spiro atoms. The lowest BCUT2D eigenvalue weighted by atomic mass is 9.94. The Morgan fingerprint density at radius 2 is 2.21 bits per heavy atom. The Kier molecular flexibility index (Phi) is 3.25. The van der Waals surface area contributed by atoms with Gasteiger partial charge in [0.2, 0.25) is 0 Å². The van der Waals surface area contributed by atoms with Crippen LogP contribution >= 0.6 is 0 Å². The van der Waals surface area contributed by atoms with Gasteiger partial charge in [0.05, 0.1) is 12.8 Å². The molecule has 1 fully saturated rings. The highest BCUT2D eigenvalue weighted by Gasteiger charge is 2.17. The van der Waals surface area contributed by atoms with Gasteiger partial charge in [0, 0.05) is 0 Å². The molecule has 1 aromatic heterocycles. The topological polar surface area (TPSA) is 16.4 Å². The van der Waals surface area contributed by atoms with Crippen LogP contribution in [0.5, 0.6) is 0 Å². The second-order valence-corrected chi connectivity index (χ2v) is 4.21. The van der Waals surface area contributed by atoms with E-state index in [1.807, 2.05) is 6.07 Å². The van der Waals surface area contributed by atoms with Crippen LogP contribution in [-0.4, -0.2) is 18.0 Å². The summed E-state index contributed by atoms with van der Waals surface area (Å²) in [5.74, 6) is 2.06. The van der Waals surface area contributed by atoms with Gasteiger partial charge in [-0.3, -0.25) is 4.90 Å². The van der Waals surface area contributed by atoms with Gasteiger partial charge in [-0.2, -0.15) is 0 Å². The lowest BCUT2D eigenvalue weighted by Gasteiger charge is -2.30. The Labute approximate surface area is 85.9 Å². The van der Waals surface area contributed by atoms with Crippen LogP contribution in [-0.2, 0) is 6.54 Å². The average Bonchev–Trinajstić information content (AvgIpc) is 2.72. The van der Waals surface area contributed by atoms with Crippen molar-refractivity contribution in [2.45, 2.75) is 32.7 Å². The molecule has 14 heavy (non-hydrogen) atoms. The molecule has 1 saturated heterocycles. The Balaban J connectivity index is 1.79. The Hall–Kier alpha value is -0.760.